The minimum atomic E-state index is -0.995. The molecule has 0 radical (unpaired) electrons. The topological polar surface area (TPSA) is 89.4 Å². The Balaban J connectivity index is 1.47. The van der Waals surface area contributed by atoms with E-state index < -0.39 is 10.8 Å². The molecule has 1 heterocycles. The van der Waals surface area contributed by atoms with Crippen LogP contribution in [-0.4, -0.2) is 36.3 Å². The average molecular weight is 505 g/mol. The molecule has 2 saturated carbocycles. The van der Waals surface area contributed by atoms with Crippen molar-refractivity contribution < 1.29 is 9.59 Å². The van der Waals surface area contributed by atoms with Crippen molar-refractivity contribution in [3.63, 3.8) is 0 Å². The second-order valence-corrected chi connectivity index (χ2v) is 11.8. The number of benzene rings is 1. The van der Waals surface area contributed by atoms with Crippen molar-refractivity contribution in [2.24, 2.45) is 39.5 Å². The maximum Gasteiger partial charge on any atom is 0.225 e. The summed E-state index contributed by atoms with van der Waals surface area (Å²) in [6.07, 6.45) is 12.4. The summed E-state index contributed by atoms with van der Waals surface area (Å²) in [6, 6.07) is 5.43. The van der Waals surface area contributed by atoms with Gasteiger partial charge in [-0.25, -0.2) is 0 Å². The van der Waals surface area contributed by atoms with E-state index in [4.69, 9.17) is 34.7 Å². The van der Waals surface area contributed by atoms with Gasteiger partial charge in [0.05, 0.1) is 10.8 Å². The molecule has 2 bridgehead atoms. The summed E-state index contributed by atoms with van der Waals surface area (Å²) >= 11 is 12.6. The zero-order chi connectivity index (χ0) is 24.1. The molecule has 4 atom stereocenters. The summed E-state index contributed by atoms with van der Waals surface area (Å²) in [5.41, 5.74) is 11.5. The lowest BCUT2D eigenvalue weighted by Gasteiger charge is -2.48. The predicted octanol–water partition coefficient (Wildman–Crippen LogP) is 4.73. The van der Waals surface area contributed by atoms with Crippen LogP contribution in [0.15, 0.2) is 30.4 Å². The zero-order valence-corrected chi connectivity index (χ0v) is 21.2. The molecule has 1 saturated heterocycles. The number of carbonyl (C=O) groups excluding carboxylic acids is 2. The van der Waals surface area contributed by atoms with E-state index in [-0.39, 0.29) is 29.1 Å². The van der Waals surface area contributed by atoms with Gasteiger partial charge in [-0.05, 0) is 106 Å². The smallest absolute Gasteiger partial charge is 0.225 e. The van der Waals surface area contributed by atoms with Crippen LogP contribution < -0.4 is 11.5 Å². The molecule has 0 unspecified atom stereocenters. The van der Waals surface area contributed by atoms with Gasteiger partial charge in [0.25, 0.3) is 0 Å². The van der Waals surface area contributed by atoms with Crippen LogP contribution in [-0.2, 0) is 16.0 Å². The van der Waals surface area contributed by atoms with E-state index in [1.807, 2.05) is 12.1 Å². The monoisotopic (exact) mass is 503 g/mol. The summed E-state index contributed by atoms with van der Waals surface area (Å²) in [5.74, 6) is -0.806. The molecule has 7 heteroatoms. The number of hydrogen-bond donors (Lipinski definition) is 2. The third-order valence-corrected chi connectivity index (χ3v) is 10.2. The number of likely N-dealkylation sites (tertiary alicyclic amines) is 1. The second kappa shape index (κ2) is 8.83. The van der Waals surface area contributed by atoms with Crippen LogP contribution in [0.2, 0.25) is 10.0 Å². The Bertz CT molecular complexity index is 1020. The van der Waals surface area contributed by atoms with Crippen molar-refractivity contribution in [1.82, 2.24) is 4.90 Å². The molecular weight excluding hydrogens is 469 g/mol. The van der Waals surface area contributed by atoms with Crippen LogP contribution in [0.25, 0.3) is 0 Å². The third kappa shape index (κ3) is 3.45. The van der Waals surface area contributed by atoms with Gasteiger partial charge < -0.3 is 16.4 Å². The summed E-state index contributed by atoms with van der Waals surface area (Å²) in [5, 5.41) is 1.14. The van der Waals surface area contributed by atoms with Gasteiger partial charge in [0, 0.05) is 10.0 Å². The molecule has 2 amide bonds. The van der Waals surface area contributed by atoms with Crippen molar-refractivity contribution in [1.29, 1.82) is 0 Å². The zero-order valence-electron chi connectivity index (χ0n) is 19.7. The van der Waals surface area contributed by atoms with E-state index in [0.717, 1.165) is 50.9 Å². The Kier molecular flexibility index (Phi) is 6.27. The molecule has 3 fully saturated rings. The van der Waals surface area contributed by atoms with Crippen molar-refractivity contribution >= 4 is 35.0 Å². The highest BCUT2D eigenvalue weighted by Crippen LogP contribution is 2.81. The van der Waals surface area contributed by atoms with Crippen molar-refractivity contribution in [3.05, 3.63) is 46.0 Å². The molecule has 1 aliphatic heterocycles. The highest BCUT2D eigenvalue weighted by Gasteiger charge is 2.81. The summed E-state index contributed by atoms with van der Waals surface area (Å²) in [6.45, 7) is 3.35. The van der Waals surface area contributed by atoms with Gasteiger partial charge in [-0.1, -0.05) is 47.8 Å². The number of nitrogens with two attached hydrogens (primary N) is 2. The summed E-state index contributed by atoms with van der Waals surface area (Å²) < 4.78 is 0. The number of hydrogen-bond acceptors (Lipinski definition) is 3. The van der Waals surface area contributed by atoms with Crippen molar-refractivity contribution in [2.45, 2.75) is 57.8 Å². The number of nitrogens with zero attached hydrogens (tertiary/aromatic N) is 1. The van der Waals surface area contributed by atoms with E-state index >= 15 is 0 Å². The van der Waals surface area contributed by atoms with Crippen LogP contribution >= 0.6 is 23.2 Å². The fraction of sp³-hybridized carbons (Fsp3) is 0.630. The lowest BCUT2D eigenvalue weighted by atomic mass is 9.53. The molecule has 1 aromatic carbocycles. The first-order valence-electron chi connectivity index (χ1n) is 12.7. The molecule has 1 aromatic rings. The quantitative estimate of drug-likeness (QED) is 0.357. The number of aryl methyl sites for hydroxylation is 1. The molecular formula is C27H35Cl2N3O2. The maximum absolute atomic E-state index is 13.5. The van der Waals surface area contributed by atoms with Gasteiger partial charge in [-0.15, -0.1) is 0 Å². The maximum atomic E-state index is 13.5. The molecule has 1 spiro atoms. The number of carbonyl (C=O) groups is 2. The van der Waals surface area contributed by atoms with E-state index in [1.54, 1.807) is 6.07 Å². The van der Waals surface area contributed by atoms with E-state index in [2.05, 4.69) is 17.1 Å². The Hall–Kier alpha value is -1.56. The number of rotatable bonds is 10. The predicted molar refractivity (Wildman–Crippen MR) is 135 cm³/mol. The molecule has 3 aliphatic carbocycles. The number of amides is 2. The first kappa shape index (κ1) is 24.1. The largest absolute Gasteiger partial charge is 0.369 e. The lowest BCUT2D eigenvalue weighted by Crippen LogP contribution is -2.59. The third-order valence-electron chi connectivity index (χ3n) is 9.60. The standard InChI is InChI=1S/C27H35Cl2N3O2/c28-19-6-5-18(20(29)17-19)9-11-27(24(31)34)22-8-7-21(25(22)12-13-25)26(27,23(30)33)10-1-2-14-32-15-3-4-16-32/h5-8,17,21-22H,1-4,9-16H2,(H2,30,33)(H2,31,34)/t21-,22+,26+,27+/m1/s1. The summed E-state index contributed by atoms with van der Waals surface area (Å²) in [7, 11) is 0. The minimum absolute atomic E-state index is 0.0116. The molecule has 5 nitrogen and oxygen atoms in total. The molecule has 184 valence electrons. The molecule has 4 aliphatic rings. The number of halogens is 2. The summed E-state index contributed by atoms with van der Waals surface area (Å²) in [4.78, 5) is 29.4. The first-order chi connectivity index (χ1) is 16.3. The lowest BCUT2D eigenvalue weighted by molar-refractivity contribution is -0.152. The van der Waals surface area contributed by atoms with E-state index in [1.165, 1.54) is 12.8 Å². The first-order valence-corrected chi connectivity index (χ1v) is 13.5. The van der Waals surface area contributed by atoms with Crippen LogP contribution in [0.5, 0.6) is 0 Å². The number of primary amides is 2. The van der Waals surface area contributed by atoms with Crippen LogP contribution in [0.4, 0.5) is 0 Å². The Labute approximate surface area is 212 Å². The SMILES string of the molecule is NC(=O)[C@]1(CCCCN2CCCC2)[C@@H]2C=C[C@@H](C23CC3)[C@@]1(CCc1ccc(Cl)cc1Cl)C(N)=O. The fourth-order valence-corrected chi connectivity index (χ4v) is 8.48. The minimum Gasteiger partial charge on any atom is -0.369 e. The van der Waals surface area contributed by atoms with Crippen LogP contribution in [0, 0.1) is 28.1 Å². The van der Waals surface area contributed by atoms with Gasteiger partial charge in [0.1, 0.15) is 0 Å². The Morgan fingerprint density at radius 1 is 0.941 bits per heavy atom. The van der Waals surface area contributed by atoms with Gasteiger partial charge in [-0.2, -0.15) is 0 Å². The molecule has 34 heavy (non-hydrogen) atoms. The Morgan fingerprint density at radius 2 is 1.56 bits per heavy atom. The highest BCUT2D eigenvalue weighted by atomic mass is 35.5. The highest BCUT2D eigenvalue weighted by molar-refractivity contribution is 6.35. The normalized spacial score (nSPS) is 33.1. The van der Waals surface area contributed by atoms with Crippen LogP contribution in [0.3, 0.4) is 0 Å². The molecule has 0 aromatic heterocycles. The van der Waals surface area contributed by atoms with E-state index in [0.29, 0.717) is 29.3 Å². The number of allylic oxidation sites excluding steroid dienone is 2. The molecule has 5 rings (SSSR count). The van der Waals surface area contributed by atoms with Gasteiger partial charge in [0.2, 0.25) is 11.8 Å². The van der Waals surface area contributed by atoms with Crippen LogP contribution in [0.1, 0.15) is 56.9 Å². The number of unbranched alkanes of at least 4 members (excludes halogenated alkanes) is 1. The Morgan fingerprint density at radius 3 is 2.12 bits per heavy atom. The van der Waals surface area contributed by atoms with Gasteiger partial charge >= 0.3 is 0 Å². The van der Waals surface area contributed by atoms with Gasteiger partial charge in [-0.3, -0.25) is 9.59 Å². The van der Waals surface area contributed by atoms with Gasteiger partial charge in [0.15, 0.2) is 0 Å². The average Bonchev–Trinajstić information content (AvgIpc) is 3.16. The van der Waals surface area contributed by atoms with Crippen molar-refractivity contribution in [3.8, 4) is 0 Å². The van der Waals surface area contributed by atoms with E-state index in [9.17, 15) is 9.59 Å². The second-order valence-electron chi connectivity index (χ2n) is 11.0. The molecule has 4 N–H and O–H groups in total. The fourth-order valence-electron chi connectivity index (χ4n) is 7.98. The van der Waals surface area contributed by atoms with Crippen molar-refractivity contribution in [2.75, 3.05) is 19.6 Å².